The SMILES string of the molecule is CCCNC(=O)CCNc1ccc(N(CC)CC)cc1. The minimum Gasteiger partial charge on any atom is -0.385 e. The van der Waals surface area contributed by atoms with Gasteiger partial charge in [-0.1, -0.05) is 6.92 Å². The van der Waals surface area contributed by atoms with E-state index in [1.165, 1.54) is 5.69 Å². The van der Waals surface area contributed by atoms with Crippen LogP contribution in [0, 0.1) is 0 Å². The summed E-state index contributed by atoms with van der Waals surface area (Å²) in [6, 6.07) is 8.37. The number of nitrogens with one attached hydrogen (secondary N) is 2. The van der Waals surface area contributed by atoms with Crippen molar-refractivity contribution in [2.75, 3.05) is 36.4 Å². The number of benzene rings is 1. The predicted molar refractivity (Wildman–Crippen MR) is 86.4 cm³/mol. The topological polar surface area (TPSA) is 44.4 Å². The Morgan fingerprint density at radius 3 is 2.25 bits per heavy atom. The molecule has 0 saturated heterocycles. The molecular weight excluding hydrogens is 250 g/mol. The highest BCUT2D eigenvalue weighted by molar-refractivity contribution is 5.76. The lowest BCUT2D eigenvalue weighted by molar-refractivity contribution is -0.120. The number of rotatable bonds is 9. The zero-order valence-corrected chi connectivity index (χ0v) is 12.9. The van der Waals surface area contributed by atoms with Crippen LogP contribution in [0.25, 0.3) is 0 Å². The van der Waals surface area contributed by atoms with Crippen LogP contribution in [-0.4, -0.2) is 32.1 Å². The summed E-state index contributed by atoms with van der Waals surface area (Å²) >= 11 is 0. The van der Waals surface area contributed by atoms with E-state index >= 15 is 0 Å². The number of carbonyl (C=O) groups is 1. The summed E-state index contributed by atoms with van der Waals surface area (Å²) in [5.41, 5.74) is 2.30. The van der Waals surface area contributed by atoms with E-state index in [-0.39, 0.29) is 5.91 Å². The average Bonchev–Trinajstić information content (AvgIpc) is 2.48. The van der Waals surface area contributed by atoms with Gasteiger partial charge in [0.2, 0.25) is 5.91 Å². The Labute approximate surface area is 122 Å². The number of hydrogen-bond donors (Lipinski definition) is 2. The first-order valence-electron chi connectivity index (χ1n) is 7.56. The van der Waals surface area contributed by atoms with E-state index in [1.54, 1.807) is 0 Å². The maximum absolute atomic E-state index is 11.5. The molecule has 0 aliphatic heterocycles. The molecule has 0 fully saturated rings. The quantitative estimate of drug-likeness (QED) is 0.729. The number of carbonyl (C=O) groups excluding carboxylic acids is 1. The van der Waals surface area contributed by atoms with E-state index in [4.69, 9.17) is 0 Å². The summed E-state index contributed by atoms with van der Waals surface area (Å²) in [7, 11) is 0. The van der Waals surface area contributed by atoms with Crippen molar-refractivity contribution in [1.82, 2.24) is 5.32 Å². The van der Waals surface area contributed by atoms with Crippen LogP contribution in [0.4, 0.5) is 11.4 Å². The number of anilines is 2. The third kappa shape index (κ3) is 5.51. The van der Waals surface area contributed by atoms with Crippen LogP contribution >= 0.6 is 0 Å². The first-order chi connectivity index (χ1) is 9.71. The first kappa shape index (κ1) is 16.3. The lowest BCUT2D eigenvalue weighted by Gasteiger charge is -2.21. The minimum atomic E-state index is 0.110. The van der Waals surface area contributed by atoms with Gasteiger partial charge in [0.15, 0.2) is 0 Å². The van der Waals surface area contributed by atoms with Crippen molar-refractivity contribution in [3.63, 3.8) is 0 Å². The monoisotopic (exact) mass is 277 g/mol. The van der Waals surface area contributed by atoms with Gasteiger partial charge in [-0.15, -0.1) is 0 Å². The highest BCUT2D eigenvalue weighted by Crippen LogP contribution is 2.17. The second kappa shape index (κ2) is 9.23. The molecule has 0 unspecified atom stereocenters. The van der Waals surface area contributed by atoms with Crippen LogP contribution in [0.15, 0.2) is 24.3 Å². The average molecular weight is 277 g/mol. The molecular formula is C16H27N3O. The van der Waals surface area contributed by atoms with E-state index in [2.05, 4.69) is 60.6 Å². The fourth-order valence-electron chi connectivity index (χ4n) is 2.05. The Kier molecular flexibility index (Phi) is 7.55. The van der Waals surface area contributed by atoms with Gasteiger partial charge in [0.1, 0.15) is 0 Å². The van der Waals surface area contributed by atoms with E-state index in [9.17, 15) is 4.79 Å². The summed E-state index contributed by atoms with van der Waals surface area (Å²) in [6.07, 6.45) is 1.49. The standard InChI is InChI=1S/C16H27N3O/c1-4-12-18-16(20)11-13-17-14-7-9-15(10-8-14)19(5-2)6-3/h7-10,17H,4-6,11-13H2,1-3H3,(H,18,20). The molecule has 0 atom stereocenters. The highest BCUT2D eigenvalue weighted by atomic mass is 16.1. The molecule has 0 spiro atoms. The molecule has 112 valence electrons. The molecule has 4 heteroatoms. The van der Waals surface area contributed by atoms with E-state index < -0.39 is 0 Å². The Bertz CT molecular complexity index is 385. The lowest BCUT2D eigenvalue weighted by Crippen LogP contribution is -2.25. The Morgan fingerprint density at radius 2 is 1.70 bits per heavy atom. The largest absolute Gasteiger partial charge is 0.385 e. The molecule has 0 aliphatic carbocycles. The number of hydrogen-bond acceptors (Lipinski definition) is 3. The van der Waals surface area contributed by atoms with Crippen molar-refractivity contribution in [3.8, 4) is 0 Å². The van der Waals surface area contributed by atoms with Crippen LogP contribution in [0.3, 0.4) is 0 Å². The zero-order valence-electron chi connectivity index (χ0n) is 12.9. The Morgan fingerprint density at radius 1 is 1.05 bits per heavy atom. The summed E-state index contributed by atoms with van der Waals surface area (Å²) < 4.78 is 0. The molecule has 0 radical (unpaired) electrons. The molecule has 4 nitrogen and oxygen atoms in total. The third-order valence-electron chi connectivity index (χ3n) is 3.25. The second-order valence-electron chi connectivity index (χ2n) is 4.75. The third-order valence-corrected chi connectivity index (χ3v) is 3.25. The number of amides is 1. The zero-order chi connectivity index (χ0) is 14.8. The summed E-state index contributed by atoms with van der Waals surface area (Å²) in [5.74, 6) is 0.110. The predicted octanol–water partition coefficient (Wildman–Crippen LogP) is 2.86. The van der Waals surface area contributed by atoms with Crippen molar-refractivity contribution in [2.24, 2.45) is 0 Å². The van der Waals surface area contributed by atoms with Crippen molar-refractivity contribution in [2.45, 2.75) is 33.6 Å². The molecule has 1 aromatic rings. The molecule has 2 N–H and O–H groups in total. The van der Waals surface area contributed by atoms with Gasteiger partial charge >= 0.3 is 0 Å². The molecule has 0 bridgehead atoms. The van der Waals surface area contributed by atoms with Crippen molar-refractivity contribution < 1.29 is 4.79 Å². The molecule has 20 heavy (non-hydrogen) atoms. The Hall–Kier alpha value is -1.71. The van der Waals surface area contributed by atoms with E-state index in [0.717, 1.165) is 31.7 Å². The Balaban J connectivity index is 2.36. The first-order valence-corrected chi connectivity index (χ1v) is 7.56. The second-order valence-corrected chi connectivity index (χ2v) is 4.75. The van der Waals surface area contributed by atoms with Crippen LogP contribution in [0.2, 0.25) is 0 Å². The van der Waals surface area contributed by atoms with E-state index in [0.29, 0.717) is 13.0 Å². The van der Waals surface area contributed by atoms with Crippen LogP contribution < -0.4 is 15.5 Å². The molecule has 0 aliphatic rings. The van der Waals surface area contributed by atoms with Gasteiger partial charge in [0, 0.05) is 44.0 Å². The van der Waals surface area contributed by atoms with Gasteiger partial charge < -0.3 is 15.5 Å². The smallest absolute Gasteiger partial charge is 0.221 e. The normalized spacial score (nSPS) is 10.2. The van der Waals surface area contributed by atoms with E-state index in [1.807, 2.05) is 0 Å². The molecule has 1 rings (SSSR count). The lowest BCUT2D eigenvalue weighted by atomic mass is 10.2. The van der Waals surface area contributed by atoms with Gasteiger partial charge in [-0.05, 0) is 44.5 Å². The molecule has 0 saturated carbocycles. The summed E-state index contributed by atoms with van der Waals surface area (Å²) in [4.78, 5) is 13.8. The summed E-state index contributed by atoms with van der Waals surface area (Å²) in [5, 5.41) is 6.15. The summed E-state index contributed by atoms with van der Waals surface area (Å²) in [6.45, 7) is 9.82. The van der Waals surface area contributed by atoms with Crippen LogP contribution in [0.1, 0.15) is 33.6 Å². The molecule has 1 aromatic carbocycles. The van der Waals surface area contributed by atoms with Gasteiger partial charge in [-0.3, -0.25) is 4.79 Å². The molecule has 0 aromatic heterocycles. The van der Waals surface area contributed by atoms with Crippen molar-refractivity contribution >= 4 is 17.3 Å². The van der Waals surface area contributed by atoms with Gasteiger partial charge in [-0.2, -0.15) is 0 Å². The van der Waals surface area contributed by atoms with Crippen molar-refractivity contribution in [3.05, 3.63) is 24.3 Å². The van der Waals surface area contributed by atoms with Gasteiger partial charge in [-0.25, -0.2) is 0 Å². The van der Waals surface area contributed by atoms with Crippen molar-refractivity contribution in [1.29, 1.82) is 0 Å². The maximum atomic E-state index is 11.5. The number of nitrogens with zero attached hydrogens (tertiary/aromatic N) is 1. The minimum absolute atomic E-state index is 0.110. The van der Waals surface area contributed by atoms with Gasteiger partial charge in [0.05, 0.1) is 0 Å². The molecule has 0 heterocycles. The highest BCUT2D eigenvalue weighted by Gasteiger charge is 2.02. The van der Waals surface area contributed by atoms with Crippen LogP contribution in [0.5, 0.6) is 0 Å². The van der Waals surface area contributed by atoms with Crippen LogP contribution in [-0.2, 0) is 4.79 Å². The fourth-order valence-corrected chi connectivity index (χ4v) is 2.05. The van der Waals surface area contributed by atoms with Gasteiger partial charge in [0.25, 0.3) is 0 Å². The fraction of sp³-hybridized carbons (Fsp3) is 0.562. The maximum Gasteiger partial charge on any atom is 0.221 e. The molecule has 1 amide bonds.